The lowest BCUT2D eigenvalue weighted by Gasteiger charge is -2.56. The average Bonchev–Trinajstić information content (AvgIpc) is 3.74. The van der Waals surface area contributed by atoms with Crippen LogP contribution in [0.2, 0.25) is 0 Å². The van der Waals surface area contributed by atoms with Gasteiger partial charge in [0.05, 0.1) is 17.8 Å². The maximum absolute atomic E-state index is 13.1. The van der Waals surface area contributed by atoms with Crippen molar-refractivity contribution in [1.29, 1.82) is 0 Å². The van der Waals surface area contributed by atoms with Gasteiger partial charge in [0.15, 0.2) is 0 Å². The summed E-state index contributed by atoms with van der Waals surface area (Å²) in [6, 6.07) is 16.3. The Labute approximate surface area is 251 Å². The van der Waals surface area contributed by atoms with E-state index in [9.17, 15) is 9.59 Å². The van der Waals surface area contributed by atoms with Crippen molar-refractivity contribution in [3.63, 3.8) is 0 Å². The minimum atomic E-state index is -0.443. The van der Waals surface area contributed by atoms with Gasteiger partial charge in [0.1, 0.15) is 18.1 Å². The summed E-state index contributed by atoms with van der Waals surface area (Å²) in [5, 5.41) is 2.88. The number of esters is 1. The van der Waals surface area contributed by atoms with Crippen molar-refractivity contribution >= 4 is 17.6 Å². The van der Waals surface area contributed by atoms with Crippen LogP contribution in [-0.4, -0.2) is 34.1 Å². The standard InChI is InChI=1S/C36H37N3O4/c40-34(38-29-8-4-7-27(15-29)35(41)42-20-22-5-2-1-3-6-22)31-19-37-33(39-31)32-26-9-10-30(32)28(14-26)21-43-36-16-23-11-24(17-36)13-25(12-23)18-36/h1-10,14-15,19,23-26,30,32H,11-13,16-18,20-21H2,(H,37,39)(H,38,40). The first-order valence-electron chi connectivity index (χ1n) is 15.7. The third kappa shape index (κ3) is 5.14. The van der Waals surface area contributed by atoms with Gasteiger partial charge in [-0.3, -0.25) is 4.79 Å². The van der Waals surface area contributed by atoms with Crippen LogP contribution in [0.3, 0.4) is 0 Å². The van der Waals surface area contributed by atoms with E-state index in [-0.39, 0.29) is 35.9 Å². The minimum absolute atomic E-state index is 0.0997. The molecule has 6 aliphatic rings. The van der Waals surface area contributed by atoms with Gasteiger partial charge in [-0.1, -0.05) is 54.6 Å². The van der Waals surface area contributed by atoms with Gasteiger partial charge >= 0.3 is 5.97 Å². The Balaban J connectivity index is 0.886. The minimum Gasteiger partial charge on any atom is -0.457 e. The third-order valence-electron chi connectivity index (χ3n) is 10.4. The van der Waals surface area contributed by atoms with Gasteiger partial charge < -0.3 is 19.8 Å². The molecule has 6 bridgehead atoms. The zero-order valence-electron chi connectivity index (χ0n) is 24.2. The molecule has 7 heteroatoms. The van der Waals surface area contributed by atoms with Crippen LogP contribution in [-0.2, 0) is 16.1 Å². The highest BCUT2D eigenvalue weighted by atomic mass is 16.5. The number of amides is 1. The number of nitrogens with zero attached hydrogens (tertiary/aromatic N) is 1. The van der Waals surface area contributed by atoms with E-state index in [1.165, 1.54) is 44.1 Å². The fourth-order valence-corrected chi connectivity index (χ4v) is 8.89. The second-order valence-electron chi connectivity index (χ2n) is 13.4. The SMILES string of the molecule is O=C(OCc1ccccc1)c1cccc(NC(=O)c2c[nH]c(C3C4C=CC3C(COC35CC6CC(CC(C6)C3)C5)=C4)n2)c1. The molecule has 1 heterocycles. The van der Waals surface area contributed by atoms with Crippen LogP contribution in [0.15, 0.2) is 84.6 Å². The van der Waals surface area contributed by atoms with Crippen LogP contribution in [0.1, 0.15) is 76.7 Å². The number of ether oxygens (including phenoxy) is 2. The number of imidazole rings is 1. The van der Waals surface area contributed by atoms with Crippen molar-refractivity contribution < 1.29 is 19.1 Å². The van der Waals surface area contributed by atoms with Gasteiger partial charge in [0.25, 0.3) is 5.91 Å². The Kier molecular flexibility index (Phi) is 6.59. The molecule has 7 nitrogen and oxygen atoms in total. The van der Waals surface area contributed by atoms with Crippen molar-refractivity contribution in [2.45, 2.75) is 56.7 Å². The molecular formula is C36H37N3O4. The fraction of sp³-hybridized carbons (Fsp3) is 0.417. The Hall–Kier alpha value is -3.97. The normalized spacial score (nSPS) is 31.3. The first-order valence-corrected chi connectivity index (χ1v) is 15.7. The highest BCUT2D eigenvalue weighted by molar-refractivity contribution is 6.03. The molecule has 1 amide bonds. The van der Waals surface area contributed by atoms with Crippen molar-refractivity contribution in [3.05, 3.63) is 107 Å². The molecule has 0 spiro atoms. The number of aromatic nitrogens is 2. The number of nitrogens with one attached hydrogen (secondary N) is 2. The number of rotatable bonds is 9. The molecule has 3 aromatic rings. The zero-order chi connectivity index (χ0) is 29.0. The van der Waals surface area contributed by atoms with Gasteiger partial charge in [-0.25, -0.2) is 9.78 Å². The zero-order valence-corrected chi connectivity index (χ0v) is 24.2. The molecule has 0 saturated heterocycles. The van der Waals surface area contributed by atoms with Crippen LogP contribution in [0.5, 0.6) is 0 Å². The number of carbonyl (C=O) groups excluding carboxylic acids is 2. The number of benzene rings is 2. The number of allylic oxidation sites excluding steroid dienone is 3. The van der Waals surface area contributed by atoms with Crippen molar-refractivity contribution in [2.75, 3.05) is 11.9 Å². The Morgan fingerprint density at radius 2 is 1.70 bits per heavy atom. The number of H-pyrrole nitrogens is 1. The summed E-state index contributed by atoms with van der Waals surface area (Å²) >= 11 is 0. The number of hydrogen-bond donors (Lipinski definition) is 2. The molecule has 0 radical (unpaired) electrons. The molecule has 6 aliphatic carbocycles. The van der Waals surface area contributed by atoms with Crippen LogP contribution in [0, 0.1) is 29.6 Å². The third-order valence-corrected chi connectivity index (χ3v) is 10.4. The summed E-state index contributed by atoms with van der Waals surface area (Å²) < 4.78 is 12.2. The van der Waals surface area contributed by atoms with Gasteiger partial charge in [-0.2, -0.15) is 0 Å². The molecule has 2 N–H and O–H groups in total. The monoisotopic (exact) mass is 575 g/mol. The summed E-state index contributed by atoms with van der Waals surface area (Å²) in [6.45, 7) is 0.891. The lowest BCUT2D eigenvalue weighted by molar-refractivity contribution is -0.157. The molecule has 220 valence electrons. The molecule has 4 fully saturated rings. The topological polar surface area (TPSA) is 93.3 Å². The van der Waals surface area contributed by atoms with Gasteiger partial charge in [-0.15, -0.1) is 0 Å². The number of anilines is 1. The number of aromatic amines is 1. The largest absolute Gasteiger partial charge is 0.457 e. The molecule has 3 unspecified atom stereocenters. The van der Waals surface area contributed by atoms with E-state index in [0.717, 1.165) is 29.1 Å². The van der Waals surface area contributed by atoms with Gasteiger partial charge in [0.2, 0.25) is 0 Å². The Morgan fingerprint density at radius 1 is 0.930 bits per heavy atom. The summed E-state index contributed by atoms with van der Waals surface area (Å²) in [5.74, 6) is 3.35. The summed E-state index contributed by atoms with van der Waals surface area (Å²) in [6.07, 6.45) is 16.6. The van der Waals surface area contributed by atoms with E-state index in [2.05, 4.69) is 28.5 Å². The highest BCUT2D eigenvalue weighted by Gasteiger charge is 2.52. The average molecular weight is 576 g/mol. The second kappa shape index (κ2) is 10.6. The van der Waals surface area contributed by atoms with Crippen molar-refractivity contribution in [3.8, 4) is 0 Å². The Bertz CT molecular complexity index is 1570. The summed E-state index contributed by atoms with van der Waals surface area (Å²) in [7, 11) is 0. The first kappa shape index (κ1) is 26.6. The van der Waals surface area contributed by atoms with Gasteiger partial charge in [-0.05, 0) is 85.6 Å². The first-order chi connectivity index (χ1) is 21.0. The fourth-order valence-electron chi connectivity index (χ4n) is 8.89. The quantitative estimate of drug-likeness (QED) is 0.216. The summed E-state index contributed by atoms with van der Waals surface area (Å²) in [5.41, 5.74) is 3.58. The van der Waals surface area contributed by atoms with E-state index in [0.29, 0.717) is 23.6 Å². The van der Waals surface area contributed by atoms with Crippen molar-refractivity contribution in [2.24, 2.45) is 29.6 Å². The van der Waals surface area contributed by atoms with Crippen LogP contribution in [0.4, 0.5) is 5.69 Å². The number of hydrogen-bond acceptors (Lipinski definition) is 5. The lowest BCUT2D eigenvalue weighted by Crippen LogP contribution is -2.52. The smallest absolute Gasteiger partial charge is 0.338 e. The van der Waals surface area contributed by atoms with E-state index in [1.54, 1.807) is 30.5 Å². The maximum atomic E-state index is 13.1. The molecule has 9 rings (SSSR count). The Morgan fingerprint density at radius 3 is 2.47 bits per heavy atom. The van der Waals surface area contributed by atoms with E-state index in [4.69, 9.17) is 14.5 Å². The molecule has 3 atom stereocenters. The van der Waals surface area contributed by atoms with Crippen LogP contribution in [0.25, 0.3) is 0 Å². The molecule has 4 saturated carbocycles. The van der Waals surface area contributed by atoms with E-state index >= 15 is 0 Å². The summed E-state index contributed by atoms with van der Waals surface area (Å²) in [4.78, 5) is 33.7. The highest BCUT2D eigenvalue weighted by Crippen LogP contribution is 2.58. The molecule has 43 heavy (non-hydrogen) atoms. The number of carbonyl (C=O) groups is 2. The van der Waals surface area contributed by atoms with Crippen molar-refractivity contribution in [1.82, 2.24) is 9.97 Å². The van der Waals surface area contributed by atoms with Crippen LogP contribution < -0.4 is 5.32 Å². The predicted octanol–water partition coefficient (Wildman–Crippen LogP) is 6.83. The molecule has 1 aromatic heterocycles. The second-order valence-corrected chi connectivity index (χ2v) is 13.4. The molecular weight excluding hydrogens is 538 g/mol. The number of fused-ring (bicyclic) bond motifs is 2. The lowest BCUT2D eigenvalue weighted by atomic mass is 9.54. The van der Waals surface area contributed by atoms with E-state index < -0.39 is 5.97 Å². The predicted molar refractivity (Wildman–Crippen MR) is 162 cm³/mol. The van der Waals surface area contributed by atoms with E-state index in [1.807, 2.05) is 30.3 Å². The van der Waals surface area contributed by atoms with Crippen LogP contribution >= 0.6 is 0 Å². The maximum Gasteiger partial charge on any atom is 0.338 e. The molecule has 2 aromatic carbocycles. The van der Waals surface area contributed by atoms with Gasteiger partial charge in [0, 0.05) is 29.6 Å². The molecule has 0 aliphatic heterocycles.